The standard InChI is InChI=1S/C23H19FN2O2/c1-23(2,16-6-5-7-17(24)14-16)22(27)25-18-12-10-15(11-13-18)21-26-19-8-3-4-9-20(19)28-21/h3-14H,1-2H3,(H,25,27). The third-order valence-corrected chi connectivity index (χ3v) is 4.80. The minimum atomic E-state index is -0.874. The van der Waals surface area contributed by atoms with Crippen molar-refractivity contribution in [2.75, 3.05) is 5.32 Å². The highest BCUT2D eigenvalue weighted by Crippen LogP contribution is 2.28. The molecular weight excluding hydrogens is 355 g/mol. The van der Waals surface area contributed by atoms with Crippen LogP contribution in [0.1, 0.15) is 19.4 Å². The molecule has 0 fully saturated rings. The summed E-state index contributed by atoms with van der Waals surface area (Å²) in [5, 5.41) is 2.89. The van der Waals surface area contributed by atoms with Gasteiger partial charge in [-0.2, -0.15) is 0 Å². The molecule has 4 rings (SSSR count). The Balaban J connectivity index is 1.53. The first kappa shape index (κ1) is 17.9. The van der Waals surface area contributed by atoms with E-state index in [0.717, 1.165) is 16.7 Å². The number of para-hydroxylation sites is 2. The number of amides is 1. The van der Waals surface area contributed by atoms with Crippen LogP contribution in [0.25, 0.3) is 22.6 Å². The Morgan fingerprint density at radius 1 is 1.00 bits per heavy atom. The largest absolute Gasteiger partial charge is 0.436 e. The van der Waals surface area contributed by atoms with Gasteiger partial charge in [0.2, 0.25) is 11.8 Å². The van der Waals surface area contributed by atoms with E-state index in [4.69, 9.17) is 4.42 Å². The van der Waals surface area contributed by atoms with Gasteiger partial charge in [0, 0.05) is 11.3 Å². The molecule has 0 unspecified atom stereocenters. The zero-order chi connectivity index (χ0) is 19.7. The second-order valence-corrected chi connectivity index (χ2v) is 7.15. The van der Waals surface area contributed by atoms with Crippen LogP contribution in [0.3, 0.4) is 0 Å². The van der Waals surface area contributed by atoms with Crippen molar-refractivity contribution in [2.24, 2.45) is 0 Å². The Morgan fingerprint density at radius 2 is 1.75 bits per heavy atom. The number of aromatic nitrogens is 1. The number of carbonyl (C=O) groups excluding carboxylic acids is 1. The lowest BCUT2D eigenvalue weighted by molar-refractivity contribution is -0.120. The second kappa shape index (κ2) is 6.93. The smallest absolute Gasteiger partial charge is 0.234 e. The van der Waals surface area contributed by atoms with Crippen LogP contribution in [0.4, 0.5) is 10.1 Å². The van der Waals surface area contributed by atoms with Crippen molar-refractivity contribution in [3.63, 3.8) is 0 Å². The van der Waals surface area contributed by atoms with Gasteiger partial charge in [-0.15, -0.1) is 0 Å². The quantitative estimate of drug-likeness (QED) is 0.509. The Kier molecular flexibility index (Phi) is 4.43. The normalized spacial score (nSPS) is 11.5. The Bertz CT molecular complexity index is 1110. The van der Waals surface area contributed by atoms with Crippen LogP contribution in [-0.2, 0) is 10.2 Å². The maximum atomic E-state index is 13.5. The SMILES string of the molecule is CC(C)(C(=O)Nc1ccc(-c2nc3ccccc3o2)cc1)c1cccc(F)c1. The van der Waals surface area contributed by atoms with E-state index in [1.54, 1.807) is 38.1 Å². The zero-order valence-corrected chi connectivity index (χ0v) is 15.6. The van der Waals surface area contributed by atoms with E-state index < -0.39 is 5.41 Å². The van der Waals surface area contributed by atoms with Gasteiger partial charge in [0.25, 0.3) is 0 Å². The predicted octanol–water partition coefficient (Wildman–Crippen LogP) is 5.55. The number of hydrogen-bond acceptors (Lipinski definition) is 3. The number of halogens is 1. The van der Waals surface area contributed by atoms with Crippen LogP contribution >= 0.6 is 0 Å². The fraction of sp³-hybridized carbons (Fsp3) is 0.130. The summed E-state index contributed by atoms with van der Waals surface area (Å²) in [4.78, 5) is 17.2. The first-order valence-corrected chi connectivity index (χ1v) is 8.97. The van der Waals surface area contributed by atoms with Gasteiger partial charge in [0.1, 0.15) is 11.3 Å². The van der Waals surface area contributed by atoms with Gasteiger partial charge in [-0.05, 0) is 67.9 Å². The monoisotopic (exact) mass is 374 g/mol. The van der Waals surface area contributed by atoms with Gasteiger partial charge < -0.3 is 9.73 Å². The van der Waals surface area contributed by atoms with Crippen LogP contribution in [0, 0.1) is 5.82 Å². The molecule has 0 saturated carbocycles. The maximum absolute atomic E-state index is 13.5. The van der Waals surface area contributed by atoms with Crippen LogP contribution < -0.4 is 5.32 Å². The minimum absolute atomic E-state index is 0.215. The molecule has 0 aliphatic carbocycles. The minimum Gasteiger partial charge on any atom is -0.436 e. The van der Waals surface area contributed by atoms with Crippen molar-refractivity contribution in [3.8, 4) is 11.5 Å². The van der Waals surface area contributed by atoms with Crippen LogP contribution in [0.15, 0.2) is 77.2 Å². The van der Waals surface area contributed by atoms with Crippen molar-refractivity contribution >= 4 is 22.7 Å². The molecule has 1 N–H and O–H groups in total. The number of hydrogen-bond donors (Lipinski definition) is 1. The van der Waals surface area contributed by atoms with Gasteiger partial charge >= 0.3 is 0 Å². The van der Waals surface area contributed by atoms with Crippen molar-refractivity contribution in [3.05, 3.63) is 84.2 Å². The van der Waals surface area contributed by atoms with Gasteiger partial charge in [-0.3, -0.25) is 4.79 Å². The average molecular weight is 374 g/mol. The topological polar surface area (TPSA) is 55.1 Å². The molecule has 1 heterocycles. The van der Waals surface area contributed by atoms with E-state index in [1.807, 2.05) is 36.4 Å². The molecule has 140 valence electrons. The summed E-state index contributed by atoms with van der Waals surface area (Å²) in [6.45, 7) is 3.54. The molecule has 0 aliphatic heterocycles. The number of benzene rings is 3. The van der Waals surface area contributed by atoms with Gasteiger partial charge in [-0.1, -0.05) is 24.3 Å². The highest BCUT2D eigenvalue weighted by molar-refractivity contribution is 5.98. The summed E-state index contributed by atoms with van der Waals surface area (Å²) in [5.74, 6) is -0.0482. The highest BCUT2D eigenvalue weighted by Gasteiger charge is 2.30. The molecule has 3 aromatic carbocycles. The molecule has 1 amide bonds. The lowest BCUT2D eigenvalue weighted by Gasteiger charge is -2.24. The van der Waals surface area contributed by atoms with E-state index >= 15 is 0 Å². The third-order valence-electron chi connectivity index (χ3n) is 4.80. The summed E-state index contributed by atoms with van der Waals surface area (Å²) in [5.41, 5.74) is 2.74. The van der Waals surface area contributed by atoms with E-state index in [0.29, 0.717) is 17.1 Å². The molecule has 0 atom stereocenters. The summed E-state index contributed by atoms with van der Waals surface area (Å²) in [6, 6.07) is 21.0. The van der Waals surface area contributed by atoms with Gasteiger partial charge in [0.05, 0.1) is 5.41 Å². The van der Waals surface area contributed by atoms with E-state index in [-0.39, 0.29) is 11.7 Å². The number of carbonyl (C=O) groups is 1. The summed E-state index contributed by atoms with van der Waals surface area (Å²) >= 11 is 0. The molecule has 0 saturated heterocycles. The van der Waals surface area contributed by atoms with Crippen molar-refractivity contribution in [1.82, 2.24) is 4.98 Å². The number of fused-ring (bicyclic) bond motifs is 1. The predicted molar refractivity (Wildman–Crippen MR) is 108 cm³/mol. The van der Waals surface area contributed by atoms with E-state index in [1.165, 1.54) is 12.1 Å². The number of anilines is 1. The Labute approximate surface area is 162 Å². The summed E-state index contributed by atoms with van der Waals surface area (Å²) in [7, 11) is 0. The maximum Gasteiger partial charge on any atom is 0.234 e. The molecule has 5 heteroatoms. The molecule has 0 bridgehead atoms. The Hall–Kier alpha value is -3.47. The van der Waals surface area contributed by atoms with E-state index in [2.05, 4.69) is 10.3 Å². The Morgan fingerprint density at radius 3 is 2.46 bits per heavy atom. The van der Waals surface area contributed by atoms with Gasteiger partial charge in [0.15, 0.2) is 5.58 Å². The van der Waals surface area contributed by atoms with E-state index in [9.17, 15) is 9.18 Å². The lowest BCUT2D eigenvalue weighted by atomic mass is 9.83. The number of nitrogens with one attached hydrogen (secondary N) is 1. The van der Waals surface area contributed by atoms with Crippen LogP contribution in [-0.4, -0.2) is 10.9 Å². The molecule has 0 aliphatic rings. The van der Waals surface area contributed by atoms with Crippen molar-refractivity contribution < 1.29 is 13.6 Å². The summed E-state index contributed by atoms with van der Waals surface area (Å²) in [6.07, 6.45) is 0. The van der Waals surface area contributed by atoms with Gasteiger partial charge in [-0.25, -0.2) is 9.37 Å². The molecule has 4 aromatic rings. The first-order valence-electron chi connectivity index (χ1n) is 8.97. The second-order valence-electron chi connectivity index (χ2n) is 7.15. The summed E-state index contributed by atoms with van der Waals surface area (Å²) < 4.78 is 19.3. The molecule has 0 spiro atoms. The molecular formula is C23H19FN2O2. The van der Waals surface area contributed by atoms with Crippen LogP contribution in [0.5, 0.6) is 0 Å². The molecule has 1 aromatic heterocycles. The van der Waals surface area contributed by atoms with Crippen molar-refractivity contribution in [2.45, 2.75) is 19.3 Å². The molecule has 4 nitrogen and oxygen atoms in total. The van der Waals surface area contributed by atoms with Crippen molar-refractivity contribution in [1.29, 1.82) is 0 Å². The fourth-order valence-electron chi connectivity index (χ4n) is 2.99. The highest BCUT2D eigenvalue weighted by atomic mass is 19.1. The average Bonchev–Trinajstić information content (AvgIpc) is 3.12. The number of rotatable bonds is 4. The van der Waals surface area contributed by atoms with Crippen LogP contribution in [0.2, 0.25) is 0 Å². The lowest BCUT2D eigenvalue weighted by Crippen LogP contribution is -2.34. The fourth-order valence-corrected chi connectivity index (χ4v) is 2.99. The molecule has 28 heavy (non-hydrogen) atoms. The number of oxazole rings is 1. The first-order chi connectivity index (χ1) is 13.4. The zero-order valence-electron chi connectivity index (χ0n) is 15.6. The third kappa shape index (κ3) is 3.39. The number of nitrogens with zero attached hydrogens (tertiary/aromatic N) is 1. The molecule has 0 radical (unpaired) electrons.